The largest absolute Gasteiger partial charge is 0.481 e. The number of carbonyl (C=O) groups excluding carboxylic acids is 1. The number of rotatable bonds is 7. The van der Waals surface area contributed by atoms with E-state index in [1.807, 2.05) is 19.0 Å². The Balaban J connectivity index is 1.72. The van der Waals surface area contributed by atoms with Crippen molar-refractivity contribution in [1.29, 1.82) is 0 Å². The van der Waals surface area contributed by atoms with E-state index in [2.05, 4.69) is 20.3 Å². The molecule has 0 bridgehead atoms. The first-order chi connectivity index (χ1) is 13.5. The Bertz CT molecular complexity index is 920. The highest BCUT2D eigenvalue weighted by Crippen LogP contribution is 2.24. The van der Waals surface area contributed by atoms with Crippen LogP contribution in [0, 0.1) is 0 Å². The van der Waals surface area contributed by atoms with Crippen molar-refractivity contribution in [3.8, 4) is 17.1 Å². The zero-order valence-corrected chi connectivity index (χ0v) is 16.2. The lowest BCUT2D eigenvalue weighted by atomic mass is 10.1. The molecule has 1 amide bonds. The van der Waals surface area contributed by atoms with Crippen LogP contribution in [0.25, 0.3) is 11.3 Å². The van der Waals surface area contributed by atoms with E-state index in [4.69, 9.17) is 4.74 Å². The predicted molar refractivity (Wildman–Crippen MR) is 106 cm³/mol. The molecule has 9 heteroatoms. The average molecular weight is 384 g/mol. The topological polar surface area (TPSA) is 103 Å². The van der Waals surface area contributed by atoms with Crippen LogP contribution in [0.4, 0.5) is 5.69 Å². The van der Waals surface area contributed by atoms with E-state index in [0.717, 1.165) is 5.56 Å². The van der Waals surface area contributed by atoms with Crippen LogP contribution < -0.4 is 20.5 Å². The average Bonchev–Trinajstić information content (AvgIpc) is 2.67. The molecule has 2 aromatic heterocycles. The number of aromatic nitrogens is 3. The number of carbonyl (C=O) groups is 1. The number of likely N-dealkylation sites (N-methyl/N-ethyl adjacent to an activating group) is 2. The summed E-state index contributed by atoms with van der Waals surface area (Å²) in [5.41, 5.74) is 1.74. The number of aromatic amines is 1. The number of methoxy groups -OCH3 is 1. The second-order valence-corrected chi connectivity index (χ2v) is 6.52. The van der Waals surface area contributed by atoms with Gasteiger partial charge in [-0.1, -0.05) is 6.08 Å². The van der Waals surface area contributed by atoms with Gasteiger partial charge in [-0.25, -0.2) is 9.97 Å². The van der Waals surface area contributed by atoms with Crippen LogP contribution in [0.5, 0.6) is 5.88 Å². The molecule has 3 heterocycles. The van der Waals surface area contributed by atoms with Crippen molar-refractivity contribution in [3.05, 3.63) is 47.2 Å². The first kappa shape index (κ1) is 19.6. The van der Waals surface area contributed by atoms with E-state index < -0.39 is 0 Å². The lowest BCUT2D eigenvalue weighted by Crippen LogP contribution is -2.60. The zero-order valence-electron chi connectivity index (χ0n) is 16.2. The van der Waals surface area contributed by atoms with E-state index >= 15 is 0 Å². The highest BCUT2D eigenvalue weighted by Gasteiger charge is 2.33. The van der Waals surface area contributed by atoms with Crippen molar-refractivity contribution in [2.45, 2.75) is 6.04 Å². The van der Waals surface area contributed by atoms with Crippen molar-refractivity contribution in [2.24, 2.45) is 0 Å². The van der Waals surface area contributed by atoms with Crippen molar-refractivity contribution >= 4 is 11.6 Å². The minimum absolute atomic E-state index is 0.0179. The molecule has 9 nitrogen and oxygen atoms in total. The Kier molecular flexibility index (Phi) is 6.05. The number of hydrogen-bond donors (Lipinski definition) is 2. The van der Waals surface area contributed by atoms with Gasteiger partial charge in [0, 0.05) is 50.6 Å². The number of pyridine rings is 1. The summed E-state index contributed by atoms with van der Waals surface area (Å²) in [7, 11) is 5.22. The second-order valence-electron chi connectivity index (χ2n) is 6.52. The molecule has 0 saturated carbocycles. The van der Waals surface area contributed by atoms with Crippen molar-refractivity contribution < 1.29 is 9.53 Å². The maximum atomic E-state index is 12.3. The number of likely N-dealkylation sites (tertiary alicyclic amines) is 1. The Morgan fingerprint density at radius 3 is 2.93 bits per heavy atom. The number of nitrogens with one attached hydrogen (secondary N) is 2. The van der Waals surface area contributed by atoms with Crippen molar-refractivity contribution in [2.75, 3.05) is 45.7 Å². The monoisotopic (exact) mass is 384 g/mol. The highest BCUT2D eigenvalue weighted by molar-refractivity contribution is 5.88. The molecule has 0 spiro atoms. The lowest BCUT2D eigenvalue weighted by molar-refractivity contribution is -0.130. The minimum atomic E-state index is -0.189. The summed E-state index contributed by atoms with van der Waals surface area (Å²) in [4.78, 5) is 39.1. The fraction of sp³-hybridized carbons (Fsp3) is 0.368. The molecule has 1 fully saturated rings. The number of H-pyrrole nitrogens is 1. The number of anilines is 1. The van der Waals surface area contributed by atoms with Crippen LogP contribution in [0.15, 0.2) is 41.6 Å². The van der Waals surface area contributed by atoms with Gasteiger partial charge < -0.3 is 24.8 Å². The molecule has 0 unspecified atom stereocenters. The summed E-state index contributed by atoms with van der Waals surface area (Å²) in [6.07, 6.45) is 6.40. The third-order valence-corrected chi connectivity index (χ3v) is 4.71. The Morgan fingerprint density at radius 2 is 2.21 bits per heavy atom. The van der Waals surface area contributed by atoms with Crippen molar-refractivity contribution in [3.63, 3.8) is 0 Å². The molecule has 28 heavy (non-hydrogen) atoms. The summed E-state index contributed by atoms with van der Waals surface area (Å²) in [5.74, 6) is 0.432. The maximum Gasteiger partial charge on any atom is 0.271 e. The first-order valence-corrected chi connectivity index (χ1v) is 8.95. The molecular formula is C19H24N6O3. The van der Waals surface area contributed by atoms with Gasteiger partial charge in [0.2, 0.25) is 11.8 Å². The Hall–Kier alpha value is -3.20. The van der Waals surface area contributed by atoms with E-state index in [0.29, 0.717) is 36.9 Å². The summed E-state index contributed by atoms with van der Waals surface area (Å²) >= 11 is 0. The molecule has 1 aliphatic heterocycles. The van der Waals surface area contributed by atoms with Crippen LogP contribution in [0.3, 0.4) is 0 Å². The standard InChI is InChI=1S/C19H24N6O3/c1-20-6-4-5-18(26)25-10-14(11-25)24(2)16-7-13(9-21-19(16)27)15-8-17(28-3)23-12-22-15/h4-5,7-9,12,14,20H,6,10-11H2,1-3H3,(H,21,27)/b5-4+. The molecule has 2 aromatic rings. The molecular weight excluding hydrogens is 360 g/mol. The fourth-order valence-corrected chi connectivity index (χ4v) is 2.95. The smallest absolute Gasteiger partial charge is 0.271 e. The minimum Gasteiger partial charge on any atom is -0.481 e. The van der Waals surface area contributed by atoms with Gasteiger partial charge in [0.1, 0.15) is 12.0 Å². The third kappa shape index (κ3) is 4.20. The molecule has 1 aliphatic rings. The quantitative estimate of drug-likeness (QED) is 0.660. The van der Waals surface area contributed by atoms with Crippen LogP contribution in [-0.2, 0) is 4.79 Å². The summed E-state index contributed by atoms with van der Waals surface area (Å²) in [6.45, 7) is 1.80. The van der Waals surface area contributed by atoms with Crippen LogP contribution in [0.2, 0.25) is 0 Å². The van der Waals surface area contributed by atoms with Crippen LogP contribution in [0.1, 0.15) is 0 Å². The van der Waals surface area contributed by atoms with Crippen LogP contribution >= 0.6 is 0 Å². The SMILES string of the molecule is CNC/C=C/C(=O)N1CC(N(C)c2cc(-c3cc(OC)ncn3)c[nH]c2=O)C1. The Labute approximate surface area is 163 Å². The number of hydrogen-bond acceptors (Lipinski definition) is 7. The molecule has 2 N–H and O–H groups in total. The molecule has 0 aromatic carbocycles. The van der Waals surface area contributed by atoms with Gasteiger partial charge in [0.25, 0.3) is 5.56 Å². The van der Waals surface area contributed by atoms with Gasteiger partial charge in [0.15, 0.2) is 0 Å². The van der Waals surface area contributed by atoms with Crippen LogP contribution in [-0.4, -0.2) is 72.6 Å². The molecule has 148 valence electrons. The van der Waals surface area contributed by atoms with Crippen molar-refractivity contribution in [1.82, 2.24) is 25.2 Å². The molecule has 3 rings (SSSR count). The van der Waals surface area contributed by atoms with E-state index in [-0.39, 0.29) is 17.5 Å². The molecule has 0 atom stereocenters. The molecule has 0 aliphatic carbocycles. The number of amides is 1. The van der Waals surface area contributed by atoms with E-state index in [1.165, 1.54) is 13.4 Å². The normalized spacial score (nSPS) is 14.2. The number of nitrogens with zero attached hydrogens (tertiary/aromatic N) is 4. The van der Waals surface area contributed by atoms with Gasteiger partial charge in [0.05, 0.1) is 18.8 Å². The maximum absolute atomic E-state index is 12.3. The lowest BCUT2D eigenvalue weighted by Gasteiger charge is -2.44. The van der Waals surface area contributed by atoms with Gasteiger partial charge in [-0.2, -0.15) is 0 Å². The predicted octanol–water partition coefficient (Wildman–Crippen LogP) is 0.263. The summed E-state index contributed by atoms with van der Waals surface area (Å²) in [5, 5.41) is 2.96. The zero-order chi connectivity index (χ0) is 20.1. The Morgan fingerprint density at radius 1 is 1.43 bits per heavy atom. The van der Waals surface area contributed by atoms with Gasteiger partial charge >= 0.3 is 0 Å². The van der Waals surface area contributed by atoms with E-state index in [9.17, 15) is 9.59 Å². The van der Waals surface area contributed by atoms with E-state index in [1.54, 1.807) is 35.4 Å². The van der Waals surface area contributed by atoms with Gasteiger partial charge in [-0.15, -0.1) is 0 Å². The van der Waals surface area contributed by atoms with Gasteiger partial charge in [-0.3, -0.25) is 9.59 Å². The highest BCUT2D eigenvalue weighted by atomic mass is 16.5. The number of ether oxygens (including phenoxy) is 1. The van der Waals surface area contributed by atoms with Gasteiger partial charge in [-0.05, 0) is 13.1 Å². The third-order valence-electron chi connectivity index (χ3n) is 4.71. The second kappa shape index (κ2) is 8.66. The summed E-state index contributed by atoms with van der Waals surface area (Å²) < 4.78 is 5.13. The molecule has 0 radical (unpaired) electrons. The summed E-state index contributed by atoms with van der Waals surface area (Å²) in [6, 6.07) is 3.58. The fourth-order valence-electron chi connectivity index (χ4n) is 2.95. The molecule has 1 saturated heterocycles. The first-order valence-electron chi connectivity index (χ1n) is 8.95.